The minimum absolute atomic E-state index is 0.139. The Morgan fingerprint density at radius 3 is 2.69 bits per heavy atom. The van der Waals surface area contributed by atoms with Crippen molar-refractivity contribution >= 4 is 28.5 Å². The summed E-state index contributed by atoms with van der Waals surface area (Å²) in [5.74, 6) is -0.826. The van der Waals surface area contributed by atoms with E-state index in [0.29, 0.717) is 0 Å². The Kier molecular flexibility index (Phi) is 5.86. The average molecular weight is 208 g/mol. The summed E-state index contributed by atoms with van der Waals surface area (Å²) in [6.07, 6.45) is 1.58. The number of rotatable bonds is 4. The van der Waals surface area contributed by atoms with Crippen LogP contribution in [0.1, 0.15) is 0 Å². The van der Waals surface area contributed by atoms with E-state index in [0.717, 1.165) is 18.9 Å². The van der Waals surface area contributed by atoms with Crippen LogP contribution in [0.25, 0.3) is 0 Å². The highest BCUT2D eigenvalue weighted by atomic mass is 32.2. The van der Waals surface area contributed by atoms with Gasteiger partial charge in [-0.05, 0) is 6.26 Å². The second-order valence-electron chi connectivity index (χ2n) is 1.70. The van der Waals surface area contributed by atoms with Crippen LogP contribution in [-0.2, 0) is 14.4 Å². The maximum Gasteiger partial charge on any atom is 0.362 e. The van der Waals surface area contributed by atoms with E-state index in [2.05, 4.69) is 14.7 Å². The lowest BCUT2D eigenvalue weighted by Crippen LogP contribution is -2.23. The van der Waals surface area contributed by atoms with Crippen molar-refractivity contribution in [3.63, 3.8) is 0 Å². The number of nitrogens with zero attached hydrogens (tertiary/aromatic N) is 1. The third-order valence-electron chi connectivity index (χ3n) is 1.00. The lowest BCUT2D eigenvalue weighted by molar-refractivity contribution is -0.132. The van der Waals surface area contributed by atoms with Gasteiger partial charge in [-0.2, -0.15) is 0 Å². The number of carbonyl (C=O) groups is 1. The molecule has 0 saturated heterocycles. The fourth-order valence-electron chi connectivity index (χ4n) is 0.454. The number of hydrogen-bond donors (Lipinski definition) is 1. The molecule has 7 heteroatoms. The number of hydrogen-bond acceptors (Lipinski definition) is 6. The van der Waals surface area contributed by atoms with E-state index in [-0.39, 0.29) is 10.8 Å². The third-order valence-corrected chi connectivity index (χ3v) is 1.60. The first-order valence-corrected chi connectivity index (χ1v) is 4.37. The van der Waals surface area contributed by atoms with Crippen molar-refractivity contribution < 1.29 is 18.8 Å². The van der Waals surface area contributed by atoms with E-state index in [4.69, 9.17) is 5.41 Å². The molecular formula is C6H9FN2O3S. The van der Waals surface area contributed by atoms with Gasteiger partial charge in [0, 0.05) is 0 Å². The first-order valence-electron chi connectivity index (χ1n) is 3.14. The Balaban J connectivity index is 4.54. The zero-order valence-electron chi connectivity index (χ0n) is 7.17. The number of esters is 1. The van der Waals surface area contributed by atoms with Crippen molar-refractivity contribution in [3.8, 4) is 0 Å². The van der Waals surface area contributed by atoms with Crippen LogP contribution in [0.3, 0.4) is 0 Å². The van der Waals surface area contributed by atoms with Crippen LogP contribution in [0.5, 0.6) is 0 Å². The van der Waals surface area contributed by atoms with Gasteiger partial charge in [0.05, 0.1) is 7.11 Å². The molecule has 5 nitrogen and oxygen atoms in total. The standard InChI is InChI=1S/C6H9FN2O3S/c1-11-6(10)4(5(8)13-2)9-12-3-7/h8H,3H2,1-2H3/b8-5?,9-4-. The third kappa shape index (κ3) is 3.88. The number of methoxy groups -OCH3 is 1. The topological polar surface area (TPSA) is 71.7 Å². The number of carbonyl (C=O) groups excluding carboxylic acids is 1. The Morgan fingerprint density at radius 1 is 1.69 bits per heavy atom. The molecule has 0 heterocycles. The Morgan fingerprint density at radius 2 is 2.31 bits per heavy atom. The molecule has 0 saturated carbocycles. The highest BCUT2D eigenvalue weighted by Gasteiger charge is 2.17. The number of ether oxygens (including phenoxy) is 1. The monoisotopic (exact) mass is 208 g/mol. The van der Waals surface area contributed by atoms with Crippen molar-refractivity contribution in [3.05, 3.63) is 0 Å². The molecule has 0 aliphatic rings. The molecule has 0 rings (SSSR count). The number of thioether (sulfide) groups is 1. The molecule has 0 aliphatic heterocycles. The zero-order valence-corrected chi connectivity index (χ0v) is 7.98. The second-order valence-corrected chi connectivity index (χ2v) is 2.52. The quantitative estimate of drug-likeness (QED) is 0.321. The molecule has 0 aromatic heterocycles. The summed E-state index contributed by atoms with van der Waals surface area (Å²) in [5.41, 5.74) is -0.340. The fourth-order valence-corrected chi connectivity index (χ4v) is 0.768. The van der Waals surface area contributed by atoms with E-state index in [1.807, 2.05) is 0 Å². The summed E-state index contributed by atoms with van der Waals surface area (Å²) in [4.78, 5) is 14.9. The van der Waals surface area contributed by atoms with Gasteiger partial charge in [-0.15, -0.1) is 11.8 Å². The predicted octanol–water partition coefficient (Wildman–Crippen LogP) is 0.799. The van der Waals surface area contributed by atoms with Crippen molar-refractivity contribution in [2.75, 3.05) is 20.2 Å². The van der Waals surface area contributed by atoms with Gasteiger partial charge in [-0.25, -0.2) is 9.18 Å². The molecule has 13 heavy (non-hydrogen) atoms. The molecule has 74 valence electrons. The molecule has 1 N–H and O–H groups in total. The van der Waals surface area contributed by atoms with Crippen molar-refractivity contribution in [2.45, 2.75) is 0 Å². The van der Waals surface area contributed by atoms with Crippen LogP contribution >= 0.6 is 11.8 Å². The highest BCUT2D eigenvalue weighted by Crippen LogP contribution is 2.00. The van der Waals surface area contributed by atoms with Crippen LogP contribution < -0.4 is 0 Å². The van der Waals surface area contributed by atoms with Gasteiger partial charge < -0.3 is 9.57 Å². The number of nitrogens with one attached hydrogen (secondary N) is 1. The van der Waals surface area contributed by atoms with Crippen LogP contribution in [-0.4, -0.2) is 37.0 Å². The van der Waals surface area contributed by atoms with E-state index < -0.39 is 12.8 Å². The van der Waals surface area contributed by atoms with Crippen LogP contribution in [0, 0.1) is 5.41 Å². The Labute approximate surface area is 78.8 Å². The number of halogens is 1. The van der Waals surface area contributed by atoms with Crippen LogP contribution in [0.15, 0.2) is 5.16 Å². The SMILES string of the molecule is COC(=O)/C(=N\OCF)C(=N)SC. The highest BCUT2D eigenvalue weighted by molar-refractivity contribution is 8.15. The summed E-state index contributed by atoms with van der Waals surface area (Å²) >= 11 is 0.976. The van der Waals surface area contributed by atoms with Crippen molar-refractivity contribution in [1.82, 2.24) is 0 Å². The van der Waals surface area contributed by atoms with E-state index in [9.17, 15) is 9.18 Å². The summed E-state index contributed by atoms with van der Waals surface area (Å²) in [7, 11) is 1.14. The minimum atomic E-state index is -1.15. The van der Waals surface area contributed by atoms with E-state index >= 15 is 0 Å². The Bertz CT molecular complexity index is 214. The largest absolute Gasteiger partial charge is 0.464 e. The van der Waals surface area contributed by atoms with Crippen molar-refractivity contribution in [1.29, 1.82) is 5.41 Å². The fraction of sp³-hybridized carbons (Fsp3) is 0.500. The maximum absolute atomic E-state index is 11.5. The van der Waals surface area contributed by atoms with Crippen LogP contribution in [0.2, 0.25) is 0 Å². The summed E-state index contributed by atoms with van der Waals surface area (Å²) in [6, 6.07) is 0. The van der Waals surface area contributed by atoms with E-state index in [1.54, 1.807) is 6.26 Å². The Hall–Kier alpha value is -1.11. The molecule has 0 atom stereocenters. The van der Waals surface area contributed by atoms with E-state index in [1.165, 1.54) is 0 Å². The van der Waals surface area contributed by atoms with Gasteiger partial charge in [0.1, 0.15) is 5.04 Å². The lowest BCUT2D eigenvalue weighted by Gasteiger charge is -2.01. The second kappa shape index (κ2) is 6.41. The van der Waals surface area contributed by atoms with Crippen molar-refractivity contribution in [2.24, 2.45) is 5.16 Å². The van der Waals surface area contributed by atoms with Gasteiger partial charge in [0.15, 0.2) is 0 Å². The maximum atomic E-state index is 11.5. The summed E-state index contributed by atoms with van der Waals surface area (Å²) < 4.78 is 15.8. The number of oxime groups is 1. The molecule has 0 spiro atoms. The molecule has 0 aromatic carbocycles. The zero-order chi connectivity index (χ0) is 10.3. The molecule has 0 aliphatic carbocycles. The van der Waals surface area contributed by atoms with Gasteiger partial charge in [-0.3, -0.25) is 5.41 Å². The first-order chi connectivity index (χ1) is 6.17. The van der Waals surface area contributed by atoms with Gasteiger partial charge in [-0.1, -0.05) is 5.16 Å². The minimum Gasteiger partial charge on any atom is -0.464 e. The summed E-state index contributed by atoms with van der Waals surface area (Å²) in [6.45, 7) is -1.15. The molecule has 0 aromatic rings. The summed E-state index contributed by atoms with van der Waals surface area (Å²) in [5, 5.41) is 10.2. The molecular weight excluding hydrogens is 199 g/mol. The lowest BCUT2D eigenvalue weighted by atomic mass is 10.4. The molecule has 0 bridgehead atoms. The first kappa shape index (κ1) is 11.9. The average Bonchev–Trinajstić information content (AvgIpc) is 2.17. The predicted molar refractivity (Wildman–Crippen MR) is 47.8 cm³/mol. The molecule has 0 amide bonds. The van der Waals surface area contributed by atoms with Gasteiger partial charge >= 0.3 is 5.97 Å². The number of alkyl halides is 1. The van der Waals surface area contributed by atoms with Gasteiger partial charge in [0.25, 0.3) is 6.86 Å². The smallest absolute Gasteiger partial charge is 0.362 e. The molecule has 0 unspecified atom stereocenters. The normalized spacial score (nSPS) is 10.8. The molecule has 0 radical (unpaired) electrons. The van der Waals surface area contributed by atoms with Gasteiger partial charge in [0.2, 0.25) is 5.71 Å². The molecule has 0 fully saturated rings. The van der Waals surface area contributed by atoms with Crippen LogP contribution in [0.4, 0.5) is 4.39 Å².